The van der Waals surface area contributed by atoms with E-state index in [1.165, 1.54) is 4.90 Å². The number of carboxylic acids is 1. The van der Waals surface area contributed by atoms with E-state index in [9.17, 15) is 19.5 Å². The van der Waals surface area contributed by atoms with Gasteiger partial charge in [0.2, 0.25) is 12.3 Å². The van der Waals surface area contributed by atoms with Gasteiger partial charge < -0.3 is 20.3 Å². The molecule has 1 saturated carbocycles. The Labute approximate surface area is 196 Å². The number of carboxylic acid groups (broad SMARTS) is 1. The normalized spacial score (nSPS) is 15.2. The Morgan fingerprint density at radius 1 is 1.15 bits per heavy atom. The molecule has 0 bridgehead atoms. The fraction of sp³-hybridized carbons (Fsp3) is 0.320. The highest BCUT2D eigenvalue weighted by atomic mass is 35.5. The summed E-state index contributed by atoms with van der Waals surface area (Å²) in [6.07, 6.45) is 5.54. The Morgan fingerprint density at radius 2 is 1.88 bits per heavy atom. The van der Waals surface area contributed by atoms with Gasteiger partial charge >= 0.3 is 5.97 Å². The molecule has 0 spiro atoms. The van der Waals surface area contributed by atoms with Crippen LogP contribution in [-0.2, 0) is 16.1 Å². The van der Waals surface area contributed by atoms with Gasteiger partial charge in [-0.25, -0.2) is 4.79 Å². The van der Waals surface area contributed by atoms with Crippen LogP contribution in [0.1, 0.15) is 59.8 Å². The molecule has 1 aromatic heterocycles. The van der Waals surface area contributed by atoms with Crippen molar-refractivity contribution in [3.05, 3.63) is 70.4 Å². The topological polar surface area (TPSA) is 102 Å². The Balaban J connectivity index is 1.81. The van der Waals surface area contributed by atoms with Crippen molar-refractivity contribution in [3.63, 3.8) is 0 Å². The Morgan fingerprint density at radius 3 is 2.55 bits per heavy atom. The molecule has 4 rings (SSSR count). The van der Waals surface area contributed by atoms with Crippen LogP contribution in [-0.4, -0.2) is 39.3 Å². The Kier molecular flexibility index (Phi) is 6.99. The van der Waals surface area contributed by atoms with Crippen molar-refractivity contribution >= 4 is 40.8 Å². The SMILES string of the molecule is O=CN(Cc1ccccc1)C(C(=O)NC1CCCCC1)c1c(C(=O)O)[nH]c2cc(Cl)ccc12. The van der Waals surface area contributed by atoms with Gasteiger partial charge in [-0.3, -0.25) is 9.59 Å². The fourth-order valence-electron chi connectivity index (χ4n) is 4.60. The van der Waals surface area contributed by atoms with Crippen molar-refractivity contribution in [2.75, 3.05) is 0 Å². The molecule has 1 unspecified atom stereocenters. The number of amides is 2. The number of H-pyrrole nitrogens is 1. The molecule has 33 heavy (non-hydrogen) atoms. The van der Waals surface area contributed by atoms with Crippen LogP contribution in [0.25, 0.3) is 10.9 Å². The number of halogens is 1. The van der Waals surface area contributed by atoms with Crippen molar-refractivity contribution in [1.82, 2.24) is 15.2 Å². The molecule has 7 nitrogen and oxygen atoms in total. The number of nitrogens with one attached hydrogen (secondary N) is 2. The Bertz CT molecular complexity index is 1160. The highest BCUT2D eigenvalue weighted by Crippen LogP contribution is 2.34. The van der Waals surface area contributed by atoms with Gasteiger partial charge in [0.1, 0.15) is 11.7 Å². The lowest BCUT2D eigenvalue weighted by Gasteiger charge is -2.31. The van der Waals surface area contributed by atoms with Gasteiger partial charge in [0.25, 0.3) is 0 Å². The van der Waals surface area contributed by atoms with Crippen molar-refractivity contribution in [2.45, 2.75) is 50.7 Å². The fourth-order valence-corrected chi connectivity index (χ4v) is 4.77. The van der Waals surface area contributed by atoms with E-state index in [4.69, 9.17) is 11.6 Å². The average Bonchev–Trinajstić information content (AvgIpc) is 3.18. The monoisotopic (exact) mass is 467 g/mol. The molecule has 3 aromatic rings. The van der Waals surface area contributed by atoms with E-state index in [2.05, 4.69) is 10.3 Å². The number of aromatic nitrogens is 1. The number of fused-ring (bicyclic) bond motifs is 1. The zero-order chi connectivity index (χ0) is 23.4. The van der Waals surface area contributed by atoms with E-state index in [1.54, 1.807) is 18.2 Å². The second kappa shape index (κ2) is 10.1. The van der Waals surface area contributed by atoms with Crippen molar-refractivity contribution in [1.29, 1.82) is 0 Å². The van der Waals surface area contributed by atoms with E-state index in [-0.39, 0.29) is 29.8 Å². The third-order valence-corrected chi connectivity index (χ3v) is 6.40. The summed E-state index contributed by atoms with van der Waals surface area (Å²) in [5, 5.41) is 14.0. The minimum Gasteiger partial charge on any atom is -0.477 e. The highest BCUT2D eigenvalue weighted by molar-refractivity contribution is 6.31. The minimum absolute atomic E-state index is 0.00639. The zero-order valence-corrected chi connectivity index (χ0v) is 18.8. The number of benzene rings is 2. The third kappa shape index (κ3) is 5.03. The summed E-state index contributed by atoms with van der Waals surface area (Å²) < 4.78 is 0. The van der Waals surface area contributed by atoms with Gasteiger partial charge in [-0.2, -0.15) is 0 Å². The molecule has 0 aliphatic heterocycles. The van der Waals surface area contributed by atoms with Crippen LogP contribution < -0.4 is 5.32 Å². The van der Waals surface area contributed by atoms with E-state index in [0.717, 1.165) is 37.7 Å². The summed E-state index contributed by atoms with van der Waals surface area (Å²) >= 11 is 6.11. The van der Waals surface area contributed by atoms with Crippen molar-refractivity contribution in [2.24, 2.45) is 0 Å². The summed E-state index contributed by atoms with van der Waals surface area (Å²) in [5.41, 5.74) is 1.46. The van der Waals surface area contributed by atoms with Gasteiger partial charge in [0.05, 0.1) is 0 Å². The molecule has 1 aliphatic carbocycles. The minimum atomic E-state index is -1.21. The maximum absolute atomic E-state index is 13.6. The van der Waals surface area contributed by atoms with Crippen LogP contribution in [0.5, 0.6) is 0 Å². The molecule has 1 fully saturated rings. The molecule has 2 aromatic carbocycles. The lowest BCUT2D eigenvalue weighted by Crippen LogP contribution is -2.45. The summed E-state index contributed by atoms with van der Waals surface area (Å²) in [7, 11) is 0. The molecule has 2 amide bonds. The lowest BCUT2D eigenvalue weighted by molar-refractivity contribution is -0.134. The molecule has 1 atom stereocenters. The number of carbonyl (C=O) groups excluding carboxylic acids is 2. The number of nitrogens with zero attached hydrogens (tertiary/aromatic N) is 1. The zero-order valence-electron chi connectivity index (χ0n) is 18.1. The van der Waals surface area contributed by atoms with Gasteiger partial charge in [-0.15, -0.1) is 0 Å². The number of rotatable bonds is 8. The lowest BCUT2D eigenvalue weighted by atomic mass is 9.94. The second-order valence-corrected chi connectivity index (χ2v) is 8.85. The molecule has 1 heterocycles. The van der Waals surface area contributed by atoms with Crippen LogP contribution in [0.2, 0.25) is 5.02 Å². The average molecular weight is 468 g/mol. The first-order chi connectivity index (χ1) is 16.0. The van der Waals surface area contributed by atoms with E-state index >= 15 is 0 Å². The molecular formula is C25H26ClN3O4. The van der Waals surface area contributed by atoms with Crippen LogP contribution in [0.4, 0.5) is 0 Å². The second-order valence-electron chi connectivity index (χ2n) is 8.42. The van der Waals surface area contributed by atoms with Gasteiger partial charge in [-0.1, -0.05) is 67.3 Å². The summed E-state index contributed by atoms with van der Waals surface area (Å²) in [5.74, 6) is -1.60. The van der Waals surface area contributed by atoms with Gasteiger partial charge in [0.15, 0.2) is 0 Å². The standard InChI is InChI=1S/C25H26ClN3O4/c26-17-11-12-19-20(13-17)28-22(25(32)33)21(19)23(24(31)27-18-9-5-2-6-10-18)29(15-30)14-16-7-3-1-4-8-16/h1,3-4,7-8,11-13,15,18,23,28H,2,5-6,9-10,14H2,(H,27,31)(H,32,33). The third-order valence-electron chi connectivity index (χ3n) is 6.16. The van der Waals surface area contributed by atoms with E-state index in [1.807, 2.05) is 30.3 Å². The highest BCUT2D eigenvalue weighted by Gasteiger charge is 2.35. The van der Waals surface area contributed by atoms with E-state index in [0.29, 0.717) is 22.3 Å². The Hall–Kier alpha value is -3.32. The smallest absolute Gasteiger partial charge is 0.352 e. The largest absolute Gasteiger partial charge is 0.477 e. The van der Waals surface area contributed by atoms with Crippen molar-refractivity contribution in [3.8, 4) is 0 Å². The number of carbonyl (C=O) groups is 3. The molecule has 0 saturated heterocycles. The van der Waals surface area contributed by atoms with Gasteiger partial charge in [0, 0.05) is 34.1 Å². The predicted octanol–water partition coefficient (Wildman–Crippen LogP) is 4.67. The first kappa shape index (κ1) is 22.9. The predicted molar refractivity (Wildman–Crippen MR) is 126 cm³/mol. The summed E-state index contributed by atoms with van der Waals surface area (Å²) in [6, 6.07) is 13.1. The van der Waals surface area contributed by atoms with E-state index < -0.39 is 12.0 Å². The van der Waals surface area contributed by atoms with Gasteiger partial charge in [-0.05, 0) is 30.5 Å². The van der Waals surface area contributed by atoms with Crippen LogP contribution >= 0.6 is 11.6 Å². The maximum atomic E-state index is 13.6. The molecule has 3 N–H and O–H groups in total. The summed E-state index contributed by atoms with van der Waals surface area (Å²) in [6.45, 7) is 0.159. The molecule has 8 heteroatoms. The molecule has 0 radical (unpaired) electrons. The number of hydrogen-bond donors (Lipinski definition) is 3. The maximum Gasteiger partial charge on any atom is 0.352 e. The van der Waals surface area contributed by atoms with Crippen LogP contribution in [0.3, 0.4) is 0 Å². The molecule has 1 aliphatic rings. The number of aromatic amines is 1. The number of aromatic carboxylic acids is 1. The molecule has 172 valence electrons. The number of hydrogen-bond acceptors (Lipinski definition) is 3. The van der Waals surface area contributed by atoms with Crippen molar-refractivity contribution < 1.29 is 19.5 Å². The first-order valence-electron chi connectivity index (χ1n) is 11.1. The van der Waals surface area contributed by atoms with Crippen LogP contribution in [0.15, 0.2) is 48.5 Å². The first-order valence-corrected chi connectivity index (χ1v) is 11.5. The quantitative estimate of drug-likeness (QED) is 0.419. The van der Waals surface area contributed by atoms with Crippen LogP contribution in [0, 0.1) is 0 Å². The summed E-state index contributed by atoms with van der Waals surface area (Å²) in [4.78, 5) is 42.3. The molecular weight excluding hydrogens is 442 g/mol.